The number of hydrogen-bond donors (Lipinski definition) is 3. The number of hydrogen-bond acceptors (Lipinski definition) is 5. The molecule has 0 radical (unpaired) electrons. The van der Waals surface area contributed by atoms with Gasteiger partial charge in [-0.1, -0.05) is 12.1 Å². The van der Waals surface area contributed by atoms with Gasteiger partial charge in [0, 0.05) is 11.8 Å². The van der Waals surface area contributed by atoms with E-state index in [1.807, 2.05) is 39.0 Å². The van der Waals surface area contributed by atoms with Crippen molar-refractivity contribution in [2.24, 2.45) is 10.9 Å². The molecular formula is C14H23N3O3. The van der Waals surface area contributed by atoms with Crippen LogP contribution in [0.5, 0.6) is 11.5 Å². The summed E-state index contributed by atoms with van der Waals surface area (Å²) < 4.78 is 11.1. The first-order chi connectivity index (χ1) is 9.65. The zero-order valence-corrected chi connectivity index (χ0v) is 12.2. The molecule has 0 amide bonds. The van der Waals surface area contributed by atoms with Crippen molar-refractivity contribution in [1.29, 1.82) is 0 Å². The Kier molecular flexibility index (Phi) is 6.49. The molecule has 0 aliphatic heterocycles. The zero-order valence-electron chi connectivity index (χ0n) is 12.2. The van der Waals surface area contributed by atoms with E-state index < -0.39 is 0 Å². The molecule has 0 heterocycles. The van der Waals surface area contributed by atoms with Gasteiger partial charge in [-0.3, -0.25) is 0 Å². The van der Waals surface area contributed by atoms with Crippen LogP contribution in [0.25, 0.3) is 0 Å². The molecule has 0 aliphatic rings. The van der Waals surface area contributed by atoms with Gasteiger partial charge in [0.05, 0.1) is 19.3 Å². The number of anilines is 1. The van der Waals surface area contributed by atoms with E-state index in [4.69, 9.17) is 20.4 Å². The fourth-order valence-corrected chi connectivity index (χ4v) is 1.80. The number of rotatable bonds is 8. The van der Waals surface area contributed by atoms with Crippen molar-refractivity contribution in [3.8, 4) is 11.5 Å². The van der Waals surface area contributed by atoms with Crippen LogP contribution in [0.2, 0.25) is 0 Å². The van der Waals surface area contributed by atoms with Gasteiger partial charge in [0.1, 0.15) is 0 Å². The SMILES string of the molecule is CCOc1ccc(NC(CC)C(N)=NO)cc1OCC. The molecule has 0 spiro atoms. The minimum Gasteiger partial charge on any atom is -0.490 e. The number of oxime groups is 1. The highest BCUT2D eigenvalue weighted by Crippen LogP contribution is 2.31. The van der Waals surface area contributed by atoms with E-state index in [9.17, 15) is 0 Å². The second-order valence-corrected chi connectivity index (χ2v) is 4.16. The van der Waals surface area contributed by atoms with Crippen molar-refractivity contribution in [2.45, 2.75) is 33.2 Å². The van der Waals surface area contributed by atoms with Crippen LogP contribution in [0.3, 0.4) is 0 Å². The Morgan fingerprint density at radius 2 is 1.90 bits per heavy atom. The smallest absolute Gasteiger partial charge is 0.163 e. The third kappa shape index (κ3) is 4.22. The van der Waals surface area contributed by atoms with E-state index in [1.54, 1.807) is 0 Å². The predicted molar refractivity (Wildman–Crippen MR) is 79.9 cm³/mol. The first-order valence-electron chi connectivity index (χ1n) is 6.79. The number of nitrogens with two attached hydrogens (primary N) is 1. The summed E-state index contributed by atoms with van der Waals surface area (Å²) in [6.45, 7) is 6.93. The molecule has 112 valence electrons. The summed E-state index contributed by atoms with van der Waals surface area (Å²) in [7, 11) is 0. The quantitative estimate of drug-likeness (QED) is 0.295. The van der Waals surface area contributed by atoms with Crippen LogP contribution in [0.15, 0.2) is 23.4 Å². The largest absolute Gasteiger partial charge is 0.490 e. The summed E-state index contributed by atoms with van der Waals surface area (Å²) in [6, 6.07) is 5.34. The third-order valence-corrected chi connectivity index (χ3v) is 2.77. The van der Waals surface area contributed by atoms with Crippen LogP contribution in [-0.4, -0.2) is 30.3 Å². The highest BCUT2D eigenvalue weighted by molar-refractivity contribution is 5.87. The first kappa shape index (κ1) is 15.9. The van der Waals surface area contributed by atoms with Gasteiger partial charge in [0.25, 0.3) is 0 Å². The number of amidine groups is 1. The van der Waals surface area contributed by atoms with Crippen molar-refractivity contribution < 1.29 is 14.7 Å². The number of benzene rings is 1. The number of nitrogens with zero attached hydrogens (tertiary/aromatic N) is 1. The molecule has 0 saturated carbocycles. The molecule has 0 bridgehead atoms. The van der Waals surface area contributed by atoms with Crippen molar-refractivity contribution in [3.05, 3.63) is 18.2 Å². The highest BCUT2D eigenvalue weighted by atomic mass is 16.5. The van der Waals surface area contributed by atoms with Gasteiger partial charge in [-0.15, -0.1) is 0 Å². The number of ether oxygens (including phenoxy) is 2. The fraction of sp³-hybridized carbons (Fsp3) is 0.500. The van der Waals surface area contributed by atoms with Crippen molar-refractivity contribution in [2.75, 3.05) is 18.5 Å². The van der Waals surface area contributed by atoms with Crippen LogP contribution in [0.4, 0.5) is 5.69 Å². The van der Waals surface area contributed by atoms with Crippen LogP contribution >= 0.6 is 0 Å². The molecule has 20 heavy (non-hydrogen) atoms. The standard InChI is InChI=1S/C14H23N3O3/c1-4-11(14(15)17-18)16-10-7-8-12(19-5-2)13(9-10)20-6-3/h7-9,11,16,18H,4-6H2,1-3H3,(H2,15,17). The van der Waals surface area contributed by atoms with Gasteiger partial charge >= 0.3 is 0 Å². The average Bonchev–Trinajstić information content (AvgIpc) is 2.47. The second kappa shape index (κ2) is 8.14. The lowest BCUT2D eigenvalue weighted by Gasteiger charge is -2.18. The van der Waals surface area contributed by atoms with Crippen molar-refractivity contribution in [3.63, 3.8) is 0 Å². The number of nitrogens with one attached hydrogen (secondary N) is 1. The van der Waals surface area contributed by atoms with E-state index >= 15 is 0 Å². The lowest BCUT2D eigenvalue weighted by Crippen LogP contribution is -2.35. The summed E-state index contributed by atoms with van der Waals surface area (Å²) in [5, 5.41) is 15.0. The van der Waals surface area contributed by atoms with E-state index in [2.05, 4.69) is 10.5 Å². The van der Waals surface area contributed by atoms with Gasteiger partial charge in [-0.05, 0) is 32.4 Å². The summed E-state index contributed by atoms with van der Waals surface area (Å²) >= 11 is 0. The fourth-order valence-electron chi connectivity index (χ4n) is 1.80. The lowest BCUT2D eigenvalue weighted by atomic mass is 10.2. The van der Waals surface area contributed by atoms with Gasteiger partial charge in [0.2, 0.25) is 0 Å². The van der Waals surface area contributed by atoms with Gasteiger partial charge < -0.3 is 25.7 Å². The molecule has 1 rings (SSSR count). The van der Waals surface area contributed by atoms with Gasteiger partial charge in [-0.2, -0.15) is 0 Å². The van der Waals surface area contributed by atoms with Gasteiger partial charge in [0.15, 0.2) is 17.3 Å². The summed E-state index contributed by atoms with van der Waals surface area (Å²) in [6.07, 6.45) is 0.701. The maximum absolute atomic E-state index is 8.75. The highest BCUT2D eigenvalue weighted by Gasteiger charge is 2.13. The normalized spacial score (nSPS) is 12.8. The molecule has 4 N–H and O–H groups in total. The molecule has 6 nitrogen and oxygen atoms in total. The molecule has 0 aliphatic carbocycles. The van der Waals surface area contributed by atoms with Crippen molar-refractivity contribution in [1.82, 2.24) is 0 Å². The van der Waals surface area contributed by atoms with Crippen LogP contribution in [-0.2, 0) is 0 Å². The lowest BCUT2D eigenvalue weighted by molar-refractivity contribution is 0.288. The van der Waals surface area contributed by atoms with Crippen LogP contribution in [0, 0.1) is 0 Å². The third-order valence-electron chi connectivity index (χ3n) is 2.77. The minimum atomic E-state index is -0.229. The Morgan fingerprint density at radius 3 is 2.45 bits per heavy atom. The second-order valence-electron chi connectivity index (χ2n) is 4.16. The maximum Gasteiger partial charge on any atom is 0.163 e. The molecule has 1 aromatic carbocycles. The topological polar surface area (TPSA) is 89.1 Å². The van der Waals surface area contributed by atoms with E-state index in [0.29, 0.717) is 31.1 Å². The first-order valence-corrected chi connectivity index (χ1v) is 6.79. The summed E-state index contributed by atoms with van der Waals surface area (Å²) in [4.78, 5) is 0. The molecule has 0 saturated heterocycles. The summed E-state index contributed by atoms with van der Waals surface area (Å²) in [5.41, 5.74) is 6.46. The molecule has 1 atom stereocenters. The Labute approximate surface area is 119 Å². The minimum absolute atomic E-state index is 0.152. The summed E-state index contributed by atoms with van der Waals surface area (Å²) in [5.74, 6) is 1.53. The molecule has 1 unspecified atom stereocenters. The molecule has 1 aromatic rings. The average molecular weight is 281 g/mol. The van der Waals surface area contributed by atoms with Crippen molar-refractivity contribution >= 4 is 11.5 Å². The van der Waals surface area contributed by atoms with Crippen LogP contribution in [0.1, 0.15) is 27.2 Å². The molecule has 0 fully saturated rings. The van der Waals surface area contributed by atoms with Gasteiger partial charge in [-0.25, -0.2) is 0 Å². The Morgan fingerprint density at radius 1 is 1.25 bits per heavy atom. The van der Waals surface area contributed by atoms with E-state index in [1.165, 1.54) is 0 Å². The maximum atomic E-state index is 8.75. The Balaban J connectivity index is 2.93. The van der Waals surface area contributed by atoms with Crippen LogP contribution < -0.4 is 20.5 Å². The molecular weight excluding hydrogens is 258 g/mol. The van der Waals surface area contributed by atoms with E-state index in [-0.39, 0.29) is 11.9 Å². The molecule has 0 aromatic heterocycles. The Hall–Kier alpha value is -2.11. The Bertz CT molecular complexity index is 449. The van der Waals surface area contributed by atoms with E-state index in [0.717, 1.165) is 5.69 Å². The zero-order chi connectivity index (χ0) is 15.0. The monoisotopic (exact) mass is 281 g/mol. The molecule has 6 heteroatoms. The predicted octanol–water partition coefficient (Wildman–Crippen LogP) is 2.42.